The molecule has 0 fully saturated rings. The lowest BCUT2D eigenvalue weighted by atomic mass is 10.1. The van der Waals surface area contributed by atoms with Gasteiger partial charge in [-0.1, -0.05) is 37.3 Å². The van der Waals surface area contributed by atoms with Crippen LogP contribution in [0.5, 0.6) is 5.75 Å². The van der Waals surface area contributed by atoms with Crippen molar-refractivity contribution in [2.75, 3.05) is 6.61 Å². The third-order valence-corrected chi connectivity index (χ3v) is 3.68. The highest BCUT2D eigenvalue weighted by Crippen LogP contribution is 2.12. The fourth-order valence-electron chi connectivity index (χ4n) is 2.34. The monoisotopic (exact) mass is 316 g/mol. The highest BCUT2D eigenvalue weighted by molar-refractivity contribution is 5.44. The van der Waals surface area contributed by atoms with E-state index in [2.05, 4.69) is 49.0 Å². The number of ether oxygens (including phenoxy) is 1. The first-order valence-electron chi connectivity index (χ1n) is 8.59. The lowest BCUT2D eigenvalue weighted by molar-refractivity contribution is 0.307. The van der Waals surface area contributed by atoms with E-state index in [0.717, 1.165) is 42.6 Å². The van der Waals surface area contributed by atoms with E-state index in [1.165, 1.54) is 12.0 Å². The van der Waals surface area contributed by atoms with E-state index in [0.29, 0.717) is 6.61 Å². The van der Waals surface area contributed by atoms with Crippen molar-refractivity contribution < 1.29 is 4.74 Å². The molecule has 24 heavy (non-hydrogen) atoms. The summed E-state index contributed by atoms with van der Waals surface area (Å²) >= 11 is 0. The van der Waals surface area contributed by atoms with Crippen molar-refractivity contribution in [3.63, 3.8) is 0 Å². The van der Waals surface area contributed by atoms with E-state index in [9.17, 15) is 0 Å². The van der Waals surface area contributed by atoms with Gasteiger partial charge < -0.3 is 4.74 Å². The minimum Gasteiger partial charge on any atom is -0.494 e. The Morgan fingerprint density at radius 2 is 1.50 bits per heavy atom. The molecule has 1 heteroatoms. The second-order valence-electron chi connectivity index (χ2n) is 5.73. The second kappa shape index (κ2) is 10.2. The van der Waals surface area contributed by atoms with Crippen LogP contribution in [0.4, 0.5) is 0 Å². The van der Waals surface area contributed by atoms with Gasteiger partial charge in [0.05, 0.1) is 6.61 Å². The molecule has 0 unspecified atom stereocenters. The van der Waals surface area contributed by atoms with Crippen molar-refractivity contribution in [3.8, 4) is 29.9 Å². The number of terminal acetylenes is 1. The summed E-state index contributed by atoms with van der Waals surface area (Å²) in [4.78, 5) is 0. The highest BCUT2D eigenvalue weighted by atomic mass is 16.5. The van der Waals surface area contributed by atoms with Crippen molar-refractivity contribution in [3.05, 3.63) is 65.2 Å². The number of benzene rings is 2. The Hall–Kier alpha value is -2.64. The largest absolute Gasteiger partial charge is 0.494 e. The molecule has 0 aliphatic carbocycles. The maximum Gasteiger partial charge on any atom is 0.119 e. The van der Waals surface area contributed by atoms with Gasteiger partial charge in [0.2, 0.25) is 0 Å². The summed E-state index contributed by atoms with van der Waals surface area (Å²) in [6.45, 7) is 2.90. The maximum absolute atomic E-state index is 5.69. The fraction of sp³-hybridized carbons (Fsp3) is 0.304. The molecule has 0 aliphatic rings. The van der Waals surface area contributed by atoms with Crippen LogP contribution in [-0.2, 0) is 6.42 Å². The Bertz CT molecular complexity index is 706. The van der Waals surface area contributed by atoms with Crippen LogP contribution in [-0.4, -0.2) is 6.61 Å². The average molecular weight is 316 g/mol. The molecule has 2 aromatic rings. The molecule has 1 nitrogen and oxygen atoms in total. The van der Waals surface area contributed by atoms with Gasteiger partial charge in [-0.3, -0.25) is 0 Å². The molecule has 0 saturated carbocycles. The van der Waals surface area contributed by atoms with Gasteiger partial charge in [0.25, 0.3) is 0 Å². The van der Waals surface area contributed by atoms with Crippen LogP contribution in [0, 0.1) is 24.2 Å². The Kier molecular flexibility index (Phi) is 7.52. The Balaban J connectivity index is 1.86. The topological polar surface area (TPSA) is 9.23 Å². The van der Waals surface area contributed by atoms with Gasteiger partial charge in [0.1, 0.15) is 5.75 Å². The zero-order valence-corrected chi connectivity index (χ0v) is 14.3. The Labute approximate surface area is 146 Å². The first-order valence-corrected chi connectivity index (χ1v) is 8.59. The number of aryl methyl sites for hydroxylation is 1. The number of rotatable bonds is 7. The van der Waals surface area contributed by atoms with E-state index >= 15 is 0 Å². The first kappa shape index (κ1) is 17.7. The van der Waals surface area contributed by atoms with Crippen LogP contribution in [0.2, 0.25) is 0 Å². The van der Waals surface area contributed by atoms with Crippen LogP contribution in [0.25, 0.3) is 0 Å². The zero-order valence-electron chi connectivity index (χ0n) is 14.3. The standard InChI is InChI=1S/C23H24O/c1-3-5-6-7-19-24-23-17-15-22(16-18-23)14-13-21-11-9-20(8-4-2)10-12-21/h1,9-12,15-18H,4-8,19H2,2H3. The molecule has 2 rings (SSSR count). The van der Waals surface area contributed by atoms with E-state index in [-0.39, 0.29) is 0 Å². The molecular weight excluding hydrogens is 292 g/mol. The predicted molar refractivity (Wildman–Crippen MR) is 101 cm³/mol. The summed E-state index contributed by atoms with van der Waals surface area (Å²) in [7, 11) is 0. The summed E-state index contributed by atoms with van der Waals surface area (Å²) in [6, 6.07) is 16.4. The van der Waals surface area contributed by atoms with Gasteiger partial charge in [-0.2, -0.15) is 0 Å². The van der Waals surface area contributed by atoms with Crippen molar-refractivity contribution in [2.24, 2.45) is 0 Å². The summed E-state index contributed by atoms with van der Waals surface area (Å²) in [5, 5.41) is 0. The molecule has 0 atom stereocenters. The van der Waals surface area contributed by atoms with Crippen molar-refractivity contribution in [1.29, 1.82) is 0 Å². The summed E-state index contributed by atoms with van der Waals surface area (Å²) in [5.74, 6) is 9.92. The molecule has 0 amide bonds. The van der Waals surface area contributed by atoms with Gasteiger partial charge in [0.15, 0.2) is 0 Å². The number of hydrogen-bond donors (Lipinski definition) is 0. The zero-order chi connectivity index (χ0) is 17.0. The van der Waals surface area contributed by atoms with Crippen LogP contribution in [0.1, 0.15) is 49.3 Å². The first-order chi connectivity index (χ1) is 11.8. The number of hydrogen-bond acceptors (Lipinski definition) is 1. The van der Waals surface area contributed by atoms with Crippen molar-refractivity contribution in [1.82, 2.24) is 0 Å². The van der Waals surface area contributed by atoms with E-state index in [1.54, 1.807) is 0 Å². The maximum atomic E-state index is 5.69. The lowest BCUT2D eigenvalue weighted by Crippen LogP contribution is -1.96. The smallest absolute Gasteiger partial charge is 0.119 e. The van der Waals surface area contributed by atoms with Gasteiger partial charge in [0, 0.05) is 17.5 Å². The Morgan fingerprint density at radius 1 is 0.875 bits per heavy atom. The molecule has 0 aliphatic heterocycles. The molecule has 0 radical (unpaired) electrons. The van der Waals surface area contributed by atoms with Crippen molar-refractivity contribution in [2.45, 2.75) is 39.0 Å². The molecule has 0 N–H and O–H groups in total. The number of unbranched alkanes of at least 4 members (excludes halogenated alkanes) is 2. The van der Waals surface area contributed by atoms with Crippen LogP contribution in [0.3, 0.4) is 0 Å². The van der Waals surface area contributed by atoms with Gasteiger partial charge >= 0.3 is 0 Å². The second-order valence-corrected chi connectivity index (χ2v) is 5.73. The quantitative estimate of drug-likeness (QED) is 0.502. The molecule has 0 bridgehead atoms. The third-order valence-electron chi connectivity index (χ3n) is 3.68. The Morgan fingerprint density at radius 3 is 2.08 bits per heavy atom. The molecule has 2 aromatic carbocycles. The minimum atomic E-state index is 0.705. The SMILES string of the molecule is C#CCCCCOc1ccc(C#Cc2ccc(CCC)cc2)cc1. The highest BCUT2D eigenvalue weighted by Gasteiger charge is 1.95. The van der Waals surface area contributed by atoms with Crippen molar-refractivity contribution >= 4 is 0 Å². The minimum absolute atomic E-state index is 0.705. The van der Waals surface area contributed by atoms with E-state index in [1.807, 2.05) is 24.3 Å². The molecule has 0 saturated heterocycles. The molecule has 0 heterocycles. The van der Waals surface area contributed by atoms with Gasteiger partial charge in [-0.05, 0) is 61.2 Å². The van der Waals surface area contributed by atoms with Crippen LogP contribution < -0.4 is 4.74 Å². The van der Waals surface area contributed by atoms with Crippen LogP contribution in [0.15, 0.2) is 48.5 Å². The molecule has 0 aromatic heterocycles. The van der Waals surface area contributed by atoms with E-state index in [4.69, 9.17) is 11.2 Å². The fourth-order valence-corrected chi connectivity index (χ4v) is 2.34. The summed E-state index contributed by atoms with van der Waals surface area (Å²) in [5.41, 5.74) is 3.41. The molecule has 122 valence electrons. The van der Waals surface area contributed by atoms with Gasteiger partial charge in [-0.15, -0.1) is 12.3 Å². The summed E-state index contributed by atoms with van der Waals surface area (Å²) < 4.78 is 5.69. The normalized spacial score (nSPS) is 9.67. The average Bonchev–Trinajstić information content (AvgIpc) is 2.62. The van der Waals surface area contributed by atoms with Crippen LogP contribution >= 0.6 is 0 Å². The molecule has 0 spiro atoms. The lowest BCUT2D eigenvalue weighted by Gasteiger charge is -2.05. The third kappa shape index (κ3) is 6.23. The van der Waals surface area contributed by atoms with Gasteiger partial charge in [-0.25, -0.2) is 0 Å². The summed E-state index contributed by atoms with van der Waals surface area (Å²) in [6.07, 6.45) is 10.3. The van der Waals surface area contributed by atoms with E-state index < -0.39 is 0 Å². The predicted octanol–water partition coefficient (Wildman–Crippen LogP) is 5.22. The molecular formula is C23H24O.